The molecule has 0 bridgehead atoms. The maximum absolute atomic E-state index is 2.68. The van der Waals surface area contributed by atoms with E-state index in [4.69, 9.17) is 0 Å². The molecule has 546 valence electrons. The zero-order valence-corrected chi connectivity index (χ0v) is 64.9. The van der Waals surface area contributed by atoms with E-state index in [1.165, 1.54) is 77.2 Å². The van der Waals surface area contributed by atoms with E-state index in [9.17, 15) is 0 Å². The second-order valence-electron chi connectivity index (χ2n) is 32.0. The van der Waals surface area contributed by atoms with E-state index in [2.05, 4.69) is 466 Å². The van der Waals surface area contributed by atoms with Crippen molar-refractivity contribution < 1.29 is 0 Å². The van der Waals surface area contributed by atoms with Gasteiger partial charge in [-0.05, 0) is 248 Å². The number of hydrogen-bond donors (Lipinski definition) is 0. The Kier molecular flexibility index (Phi) is 17.3. The molecule has 0 saturated heterocycles. The zero-order valence-electron chi connectivity index (χ0n) is 64.9. The van der Waals surface area contributed by atoms with Crippen molar-refractivity contribution in [1.29, 1.82) is 0 Å². The molecule has 0 atom stereocenters. The lowest BCUT2D eigenvalue weighted by Crippen LogP contribution is -2.61. The van der Waals surface area contributed by atoms with E-state index < -0.39 is 0 Å². The first-order chi connectivity index (χ1) is 57.1. The first-order valence-electron chi connectivity index (χ1n) is 40.4. The summed E-state index contributed by atoms with van der Waals surface area (Å²) in [6, 6.07) is 161. The molecule has 0 amide bonds. The Morgan fingerprint density at radius 1 is 0.198 bits per heavy atom. The van der Waals surface area contributed by atoms with Crippen molar-refractivity contribution in [2.45, 2.75) is 26.2 Å². The van der Waals surface area contributed by atoms with Gasteiger partial charge in [0, 0.05) is 50.3 Å². The van der Waals surface area contributed by atoms with Gasteiger partial charge in [0.2, 0.25) is 0 Å². The lowest BCUT2D eigenvalue weighted by Gasteiger charge is -2.46. The fourth-order valence-electron chi connectivity index (χ4n) is 18.1. The lowest BCUT2D eigenvalue weighted by molar-refractivity contribution is 0.590. The molecule has 4 heteroatoms. The van der Waals surface area contributed by atoms with Crippen LogP contribution in [0.15, 0.2) is 431 Å². The maximum atomic E-state index is 2.68. The van der Waals surface area contributed by atoms with E-state index in [0.717, 1.165) is 129 Å². The van der Waals surface area contributed by atoms with Crippen LogP contribution in [0.25, 0.3) is 150 Å². The molecule has 2 aliphatic heterocycles. The van der Waals surface area contributed by atoms with Gasteiger partial charge in [0.25, 0.3) is 6.71 Å². The van der Waals surface area contributed by atoms with Crippen LogP contribution < -0.4 is 26.2 Å². The summed E-state index contributed by atoms with van der Waals surface area (Å²) in [4.78, 5) is 5.34. The van der Waals surface area contributed by atoms with Crippen LogP contribution in [0.5, 0.6) is 0 Å². The molecule has 2 aliphatic rings. The SMILES string of the molecule is CC(C)(C)c1cc2c3c(c1)N(c1ccc(-c4ccccc4)cc1-c1cccc(-c4ccccc4)c1)c1cc(-n4c5ccc(-c6ccccc6)cc5c5cc(-c6ccccc6)ccc54)ccc1B3c1cc(-c3cc(-c4ccccc4)cc(-c4ccccc4)c3)ccc1N2c1ccc(-c2ccccc2)cc1-c1cccc(-c2ccccc2)c1. The van der Waals surface area contributed by atoms with Crippen molar-refractivity contribution in [2.24, 2.45) is 0 Å². The molecular weight excluding hydrogens is 1400 g/mol. The average molecular weight is 1480 g/mol. The number of benzene rings is 18. The van der Waals surface area contributed by atoms with Gasteiger partial charge >= 0.3 is 0 Å². The monoisotopic (exact) mass is 1480 g/mol. The smallest absolute Gasteiger partial charge is 0.252 e. The van der Waals surface area contributed by atoms with Gasteiger partial charge in [-0.15, -0.1) is 0 Å². The highest BCUT2D eigenvalue weighted by molar-refractivity contribution is 7.00. The number of hydrogen-bond acceptors (Lipinski definition) is 2. The Morgan fingerprint density at radius 3 is 0.888 bits per heavy atom. The minimum atomic E-state index is -0.334. The molecule has 0 N–H and O–H groups in total. The predicted octanol–water partition coefficient (Wildman–Crippen LogP) is 28.5. The Hall–Kier alpha value is -14.6. The fourth-order valence-corrected chi connectivity index (χ4v) is 18.1. The fraction of sp³-hybridized carbons (Fsp3) is 0.0357. The van der Waals surface area contributed by atoms with Gasteiger partial charge in [-0.25, -0.2) is 0 Å². The lowest BCUT2D eigenvalue weighted by atomic mass is 9.33. The van der Waals surface area contributed by atoms with E-state index in [1.54, 1.807) is 0 Å². The highest BCUT2D eigenvalue weighted by Crippen LogP contribution is 2.53. The Morgan fingerprint density at radius 2 is 0.500 bits per heavy atom. The first kappa shape index (κ1) is 69.4. The van der Waals surface area contributed by atoms with Gasteiger partial charge in [-0.1, -0.05) is 342 Å². The van der Waals surface area contributed by atoms with Gasteiger partial charge in [-0.2, -0.15) is 0 Å². The number of nitrogens with zero attached hydrogens (tertiary/aromatic N) is 3. The van der Waals surface area contributed by atoms with Gasteiger partial charge in [-0.3, -0.25) is 0 Å². The number of anilines is 6. The highest BCUT2D eigenvalue weighted by Gasteiger charge is 2.46. The van der Waals surface area contributed by atoms with E-state index in [1.807, 2.05) is 0 Å². The summed E-state index contributed by atoms with van der Waals surface area (Å²) in [7, 11) is 0. The third-order valence-corrected chi connectivity index (χ3v) is 23.9. The van der Waals surface area contributed by atoms with Crippen molar-refractivity contribution in [3.63, 3.8) is 0 Å². The third kappa shape index (κ3) is 12.5. The quantitative estimate of drug-likeness (QED) is 0.101. The van der Waals surface area contributed by atoms with Crippen LogP contribution in [0.3, 0.4) is 0 Å². The van der Waals surface area contributed by atoms with Crippen LogP contribution in [-0.2, 0) is 5.41 Å². The van der Waals surface area contributed by atoms with Gasteiger partial charge in [0.1, 0.15) is 0 Å². The molecule has 0 aliphatic carbocycles. The summed E-state index contributed by atoms with van der Waals surface area (Å²) in [6.45, 7) is 6.88. The molecule has 3 heterocycles. The number of fused-ring (bicyclic) bond motifs is 7. The van der Waals surface area contributed by atoms with Crippen molar-refractivity contribution in [1.82, 2.24) is 4.57 Å². The van der Waals surface area contributed by atoms with E-state index in [0.29, 0.717) is 0 Å². The molecule has 0 unspecified atom stereocenters. The first-order valence-corrected chi connectivity index (χ1v) is 40.4. The van der Waals surface area contributed by atoms with E-state index in [-0.39, 0.29) is 12.1 Å². The second-order valence-corrected chi connectivity index (χ2v) is 32.0. The zero-order chi connectivity index (χ0) is 77.4. The second kappa shape index (κ2) is 28.9. The van der Waals surface area contributed by atoms with Crippen LogP contribution >= 0.6 is 0 Å². The van der Waals surface area contributed by atoms with Crippen LogP contribution in [-0.4, -0.2) is 11.3 Å². The summed E-state index contributed by atoms with van der Waals surface area (Å²) in [6.07, 6.45) is 0. The number of rotatable bonds is 14. The molecule has 0 fully saturated rings. The molecule has 19 aromatic rings. The standard InChI is InChI=1S/C112H80BN3/c1-112(2,3)95-72-109-111-110(73-95)116(104-58-51-86(78-36-18-7-19-37-78)68-98(104)91-49-29-47-84(63-91)76-32-14-5-15-33-76)108-74-96(114-105-59-52-87(79-38-20-8-21-39-79)69-99(105)100-70-88(53-60-106(100)114)80-40-22-9-23-41-80)55-56-101(108)113(111)102-71-89(94-65-92(81-42-24-10-25-43-81)64-93(66-94)82-44-26-11-27-45-82)54-61-107(102)115(109)103-57-50-85(77-34-16-6-17-35-77)67-97(103)90-48-28-46-83(62-90)75-30-12-4-13-31-75/h4-74H,1-3H3. The Labute approximate surface area is 679 Å². The predicted molar refractivity (Wildman–Crippen MR) is 493 cm³/mol. The van der Waals surface area contributed by atoms with Crippen molar-refractivity contribution in [2.75, 3.05) is 9.80 Å². The summed E-state index contributed by atoms with van der Waals surface area (Å²) < 4.78 is 2.54. The highest BCUT2D eigenvalue weighted by atomic mass is 15.2. The largest absolute Gasteiger partial charge is 0.311 e. The maximum Gasteiger partial charge on any atom is 0.252 e. The van der Waals surface area contributed by atoms with E-state index >= 15 is 0 Å². The molecule has 1 aromatic heterocycles. The molecular formula is C112H80BN3. The minimum Gasteiger partial charge on any atom is -0.311 e. The summed E-state index contributed by atoms with van der Waals surface area (Å²) in [5.41, 5.74) is 39.9. The topological polar surface area (TPSA) is 11.4 Å². The van der Waals surface area contributed by atoms with Crippen LogP contribution in [0, 0.1) is 0 Å². The van der Waals surface area contributed by atoms with Crippen LogP contribution in [0.1, 0.15) is 26.3 Å². The minimum absolute atomic E-state index is 0.284. The van der Waals surface area contributed by atoms with Crippen LogP contribution in [0.4, 0.5) is 34.1 Å². The average Bonchev–Trinajstić information content (AvgIpc) is 0.707. The number of aromatic nitrogens is 1. The van der Waals surface area contributed by atoms with Gasteiger partial charge in [0.05, 0.1) is 22.4 Å². The molecule has 0 radical (unpaired) electrons. The van der Waals surface area contributed by atoms with Crippen molar-refractivity contribution in [3.05, 3.63) is 436 Å². The Balaban J connectivity index is 0.883. The van der Waals surface area contributed by atoms with Crippen molar-refractivity contribution in [3.8, 4) is 128 Å². The van der Waals surface area contributed by atoms with Gasteiger partial charge in [0.15, 0.2) is 0 Å². The molecule has 0 saturated carbocycles. The Bertz CT molecular complexity index is 6800. The molecule has 18 aromatic carbocycles. The molecule has 0 spiro atoms. The summed E-state index contributed by atoms with van der Waals surface area (Å²) in [5.74, 6) is 0. The van der Waals surface area contributed by atoms with Crippen LogP contribution in [0.2, 0.25) is 0 Å². The molecule has 3 nitrogen and oxygen atoms in total. The molecule has 21 rings (SSSR count). The normalized spacial score (nSPS) is 12.2. The molecule has 116 heavy (non-hydrogen) atoms. The van der Waals surface area contributed by atoms with Gasteiger partial charge < -0.3 is 14.4 Å². The van der Waals surface area contributed by atoms with Crippen molar-refractivity contribution >= 4 is 79.0 Å². The third-order valence-electron chi connectivity index (χ3n) is 23.9. The summed E-state index contributed by atoms with van der Waals surface area (Å²) >= 11 is 0. The summed E-state index contributed by atoms with van der Waals surface area (Å²) in [5, 5.41) is 2.39.